The zero-order chi connectivity index (χ0) is 28.1. The van der Waals surface area contributed by atoms with E-state index in [0.29, 0.717) is 17.9 Å². The van der Waals surface area contributed by atoms with Gasteiger partial charge in [-0.2, -0.15) is 11.8 Å². The molecule has 3 amide bonds. The van der Waals surface area contributed by atoms with Gasteiger partial charge in [0.25, 0.3) is 0 Å². The minimum atomic E-state index is -1.16. The van der Waals surface area contributed by atoms with E-state index in [-0.39, 0.29) is 25.2 Å². The number of hydrogen-bond acceptors (Lipinski definition) is 7. The average Bonchev–Trinajstić information content (AvgIpc) is 3.42. The fraction of sp³-hybridized carbons (Fsp3) is 0.500. The van der Waals surface area contributed by atoms with E-state index in [4.69, 9.17) is 5.73 Å². The molecule has 7 N–H and O–H groups in total. The number of aromatic amines is 1. The zero-order valence-corrected chi connectivity index (χ0v) is 22.8. The molecule has 2 aromatic rings. The van der Waals surface area contributed by atoms with Crippen molar-refractivity contribution in [1.82, 2.24) is 25.9 Å². The van der Waals surface area contributed by atoms with Crippen LogP contribution in [-0.4, -0.2) is 74.9 Å². The van der Waals surface area contributed by atoms with Crippen LogP contribution in [0.2, 0.25) is 0 Å². The number of aliphatic carboxylic acids is 1. The Kier molecular flexibility index (Phi) is 12.8. The number of carbonyl (C=O) groups excluding carboxylic acids is 3. The number of nitrogens with one attached hydrogen (secondary N) is 4. The fourth-order valence-electron chi connectivity index (χ4n) is 3.70. The topological polar surface area (TPSA) is 179 Å². The maximum Gasteiger partial charge on any atom is 0.326 e. The van der Waals surface area contributed by atoms with E-state index in [9.17, 15) is 24.3 Å². The highest BCUT2D eigenvalue weighted by Crippen LogP contribution is 2.09. The first-order valence-corrected chi connectivity index (χ1v) is 13.9. The molecule has 11 nitrogen and oxygen atoms in total. The summed E-state index contributed by atoms with van der Waals surface area (Å²) in [6, 6.07) is 5.13. The first kappa shape index (κ1) is 30.8. The van der Waals surface area contributed by atoms with Gasteiger partial charge in [-0.05, 0) is 29.9 Å². The van der Waals surface area contributed by atoms with Gasteiger partial charge in [0.05, 0.1) is 12.4 Å². The van der Waals surface area contributed by atoms with Crippen molar-refractivity contribution < 1.29 is 24.3 Å². The number of nitrogens with two attached hydrogens (primary N) is 1. The van der Waals surface area contributed by atoms with E-state index in [1.54, 1.807) is 0 Å². The van der Waals surface area contributed by atoms with Crippen molar-refractivity contribution in [3.05, 3.63) is 54.1 Å². The van der Waals surface area contributed by atoms with Crippen molar-refractivity contribution in [2.24, 2.45) is 11.7 Å². The van der Waals surface area contributed by atoms with Gasteiger partial charge in [0, 0.05) is 24.7 Å². The van der Waals surface area contributed by atoms with E-state index in [1.165, 1.54) is 24.3 Å². The third kappa shape index (κ3) is 9.82. The highest BCUT2D eigenvalue weighted by atomic mass is 32.2. The van der Waals surface area contributed by atoms with Crippen molar-refractivity contribution in [2.45, 2.75) is 63.7 Å². The quantitative estimate of drug-likeness (QED) is 0.179. The number of amides is 3. The molecule has 0 aliphatic heterocycles. The zero-order valence-electron chi connectivity index (χ0n) is 22.0. The molecular formula is C26H38N6O5S. The van der Waals surface area contributed by atoms with E-state index in [1.807, 2.05) is 50.4 Å². The summed E-state index contributed by atoms with van der Waals surface area (Å²) in [5.74, 6) is -2.42. The summed E-state index contributed by atoms with van der Waals surface area (Å²) in [4.78, 5) is 58.1. The number of H-pyrrole nitrogens is 1. The molecule has 0 saturated carbocycles. The first-order chi connectivity index (χ1) is 18.2. The third-order valence-electron chi connectivity index (χ3n) is 6.31. The number of nitrogens with zero attached hydrogens (tertiary/aromatic N) is 1. The van der Waals surface area contributed by atoms with Crippen LogP contribution in [0.1, 0.15) is 37.9 Å². The van der Waals surface area contributed by atoms with Crippen LogP contribution in [0.25, 0.3) is 0 Å². The predicted molar refractivity (Wildman–Crippen MR) is 146 cm³/mol. The fourth-order valence-corrected chi connectivity index (χ4v) is 4.17. The van der Waals surface area contributed by atoms with Crippen molar-refractivity contribution in [3.8, 4) is 0 Å². The number of benzene rings is 1. The third-order valence-corrected chi connectivity index (χ3v) is 6.96. The van der Waals surface area contributed by atoms with Crippen LogP contribution in [0.5, 0.6) is 0 Å². The molecule has 0 radical (unpaired) electrons. The van der Waals surface area contributed by atoms with Gasteiger partial charge in [0.15, 0.2) is 0 Å². The van der Waals surface area contributed by atoms with E-state index >= 15 is 0 Å². The number of rotatable bonds is 16. The molecule has 5 atom stereocenters. The van der Waals surface area contributed by atoms with Gasteiger partial charge >= 0.3 is 5.97 Å². The minimum absolute atomic E-state index is 0.0465. The second-order valence-electron chi connectivity index (χ2n) is 9.19. The molecule has 1 aromatic heterocycles. The number of thioether (sulfide) groups is 1. The van der Waals surface area contributed by atoms with E-state index < -0.39 is 47.9 Å². The van der Waals surface area contributed by atoms with Crippen LogP contribution in [0.15, 0.2) is 42.9 Å². The lowest BCUT2D eigenvalue weighted by molar-refractivity contribution is -0.142. The summed E-state index contributed by atoms with van der Waals surface area (Å²) < 4.78 is 0. The molecule has 5 unspecified atom stereocenters. The van der Waals surface area contributed by atoms with Gasteiger partial charge in [-0.1, -0.05) is 50.6 Å². The molecular weight excluding hydrogens is 508 g/mol. The summed E-state index contributed by atoms with van der Waals surface area (Å²) in [6.07, 6.45) is 5.95. The largest absolute Gasteiger partial charge is 0.480 e. The molecule has 0 aliphatic rings. The van der Waals surface area contributed by atoms with Crippen LogP contribution in [0.4, 0.5) is 0 Å². The van der Waals surface area contributed by atoms with Crippen molar-refractivity contribution in [1.29, 1.82) is 0 Å². The number of hydrogen-bond donors (Lipinski definition) is 6. The highest BCUT2D eigenvalue weighted by molar-refractivity contribution is 7.98. The van der Waals surface area contributed by atoms with Crippen LogP contribution < -0.4 is 21.7 Å². The molecule has 0 spiro atoms. The molecule has 38 heavy (non-hydrogen) atoms. The normalized spacial score (nSPS) is 14.9. The molecule has 1 aromatic carbocycles. The Morgan fingerprint density at radius 2 is 1.61 bits per heavy atom. The van der Waals surface area contributed by atoms with Crippen LogP contribution in [-0.2, 0) is 32.0 Å². The molecule has 12 heteroatoms. The standard InChI is InChI=1S/C26H38N6O5S/c1-4-16(2)22(27)25(35)32-20(12-17-8-6-5-7-9-17)23(33)31-21(13-18-14-28-15-29-18)24(34)30-19(26(36)37)10-11-38-3/h5-9,14-16,19-22H,4,10-13,27H2,1-3H3,(H,28,29)(H,30,34)(H,31,33)(H,32,35)(H,36,37). The Labute approximate surface area is 227 Å². The number of carbonyl (C=O) groups is 4. The second-order valence-corrected chi connectivity index (χ2v) is 10.2. The van der Waals surface area contributed by atoms with Crippen LogP contribution in [0.3, 0.4) is 0 Å². The molecule has 0 aliphatic carbocycles. The van der Waals surface area contributed by atoms with E-state index in [2.05, 4.69) is 25.9 Å². The molecule has 0 fully saturated rings. The monoisotopic (exact) mass is 546 g/mol. The van der Waals surface area contributed by atoms with Crippen molar-refractivity contribution in [2.75, 3.05) is 12.0 Å². The molecule has 1 heterocycles. The lowest BCUT2D eigenvalue weighted by atomic mass is 9.98. The smallest absolute Gasteiger partial charge is 0.326 e. The molecule has 208 valence electrons. The molecule has 0 bridgehead atoms. The van der Waals surface area contributed by atoms with Crippen molar-refractivity contribution in [3.63, 3.8) is 0 Å². The lowest BCUT2D eigenvalue weighted by Crippen LogP contribution is -2.58. The summed E-state index contributed by atoms with van der Waals surface area (Å²) in [5.41, 5.74) is 7.48. The lowest BCUT2D eigenvalue weighted by Gasteiger charge is -2.26. The molecule has 0 saturated heterocycles. The second kappa shape index (κ2) is 15.8. The first-order valence-electron chi connectivity index (χ1n) is 12.6. The van der Waals surface area contributed by atoms with Crippen molar-refractivity contribution >= 4 is 35.5 Å². The van der Waals surface area contributed by atoms with Gasteiger partial charge < -0.3 is 31.8 Å². The molecule has 2 rings (SSSR count). The van der Waals surface area contributed by atoms with Gasteiger partial charge in [-0.3, -0.25) is 14.4 Å². The average molecular weight is 547 g/mol. The summed E-state index contributed by atoms with van der Waals surface area (Å²) >= 11 is 1.47. The Bertz CT molecular complexity index is 1040. The predicted octanol–water partition coefficient (Wildman–Crippen LogP) is 0.860. The van der Waals surface area contributed by atoms with Crippen LogP contribution >= 0.6 is 11.8 Å². The van der Waals surface area contributed by atoms with Gasteiger partial charge in [-0.25, -0.2) is 9.78 Å². The Hall–Kier alpha value is -3.38. The number of aromatic nitrogens is 2. The number of carboxylic acid groups (broad SMARTS) is 1. The SMILES string of the molecule is CCC(C)C(N)C(=O)NC(Cc1ccccc1)C(=O)NC(Cc1cnc[nH]1)C(=O)NC(CCSC)C(=O)O. The van der Waals surface area contributed by atoms with Gasteiger partial charge in [0.2, 0.25) is 17.7 Å². The number of carboxylic acids is 1. The summed E-state index contributed by atoms with van der Waals surface area (Å²) in [6.45, 7) is 3.78. The maximum absolute atomic E-state index is 13.5. The van der Waals surface area contributed by atoms with Gasteiger partial charge in [0.1, 0.15) is 18.1 Å². The Morgan fingerprint density at radius 1 is 1.00 bits per heavy atom. The summed E-state index contributed by atoms with van der Waals surface area (Å²) in [5, 5.41) is 17.5. The highest BCUT2D eigenvalue weighted by Gasteiger charge is 2.31. The number of imidazole rings is 1. The van der Waals surface area contributed by atoms with E-state index in [0.717, 1.165) is 5.56 Å². The van der Waals surface area contributed by atoms with Gasteiger partial charge in [-0.15, -0.1) is 0 Å². The van der Waals surface area contributed by atoms with Crippen LogP contribution in [0, 0.1) is 5.92 Å². The Balaban J connectivity index is 2.26. The Morgan fingerprint density at radius 3 is 2.16 bits per heavy atom. The minimum Gasteiger partial charge on any atom is -0.480 e. The summed E-state index contributed by atoms with van der Waals surface area (Å²) in [7, 11) is 0. The maximum atomic E-state index is 13.5.